The van der Waals surface area contributed by atoms with Gasteiger partial charge in [-0.25, -0.2) is 12.7 Å². The molecule has 0 spiro atoms. The lowest BCUT2D eigenvalue weighted by Crippen LogP contribution is -2.59. The van der Waals surface area contributed by atoms with E-state index in [1.165, 1.54) is 22.7 Å². The number of alkyl halides is 3. The average Bonchev–Trinajstić information content (AvgIpc) is 3.13. The summed E-state index contributed by atoms with van der Waals surface area (Å²) in [5.41, 5.74) is -0.113. The quantitative estimate of drug-likeness (QED) is 0.689. The number of ether oxygens (including phenoxy) is 1. The molecule has 2 aliphatic heterocycles. The lowest BCUT2D eigenvalue weighted by molar-refractivity contribution is -0.274. The highest BCUT2D eigenvalue weighted by Crippen LogP contribution is 2.33. The Bertz CT molecular complexity index is 885. The normalized spacial score (nSPS) is 24.2. The number of rotatable bonds is 5. The Morgan fingerprint density at radius 3 is 2.37 bits per heavy atom. The van der Waals surface area contributed by atoms with Crippen LogP contribution in [0.15, 0.2) is 24.3 Å². The zero-order valence-corrected chi connectivity index (χ0v) is 17.8. The third-order valence-corrected chi connectivity index (χ3v) is 7.23. The van der Waals surface area contributed by atoms with E-state index in [1.807, 2.05) is 6.92 Å². The number of carbonyl (C=O) groups excluding carboxylic acids is 1. The maximum Gasteiger partial charge on any atom is 0.573 e. The van der Waals surface area contributed by atoms with Crippen molar-refractivity contribution in [3.63, 3.8) is 0 Å². The highest BCUT2D eigenvalue weighted by atomic mass is 32.2. The monoisotopic (exact) mass is 449 g/mol. The van der Waals surface area contributed by atoms with E-state index < -0.39 is 22.1 Å². The number of nitrogens with zero attached hydrogens (tertiary/aromatic N) is 3. The first-order valence-corrected chi connectivity index (χ1v) is 11.6. The lowest BCUT2D eigenvalue weighted by atomic mass is 9.92. The minimum absolute atomic E-state index is 0.138. The van der Waals surface area contributed by atoms with Gasteiger partial charge in [-0.05, 0) is 31.0 Å². The van der Waals surface area contributed by atoms with Gasteiger partial charge in [-0.1, -0.05) is 13.0 Å². The van der Waals surface area contributed by atoms with E-state index in [2.05, 4.69) is 9.64 Å². The van der Waals surface area contributed by atoms with E-state index in [9.17, 15) is 26.4 Å². The molecule has 1 amide bonds. The van der Waals surface area contributed by atoms with E-state index in [-0.39, 0.29) is 17.0 Å². The lowest BCUT2D eigenvalue weighted by Gasteiger charge is -2.45. The molecule has 0 saturated carbocycles. The van der Waals surface area contributed by atoms with Gasteiger partial charge in [-0.2, -0.15) is 0 Å². The molecule has 2 aliphatic rings. The van der Waals surface area contributed by atoms with Crippen LogP contribution in [0.5, 0.6) is 5.75 Å². The number of piperazine rings is 1. The molecule has 11 heteroatoms. The maximum absolute atomic E-state index is 12.8. The summed E-state index contributed by atoms with van der Waals surface area (Å²) < 4.78 is 66.5. The Morgan fingerprint density at radius 1 is 1.17 bits per heavy atom. The van der Waals surface area contributed by atoms with Crippen molar-refractivity contribution in [1.29, 1.82) is 0 Å². The second-order valence-corrected chi connectivity index (χ2v) is 9.76. The summed E-state index contributed by atoms with van der Waals surface area (Å²) in [6.07, 6.45) is -2.07. The van der Waals surface area contributed by atoms with Gasteiger partial charge in [0.25, 0.3) is 5.91 Å². The minimum atomic E-state index is -4.82. The standard InChI is InChI=1S/C19H26F3N3O4S/c1-3-18(7-8-25(14-18)30(2,27)28)24-11-9-23(10-12-24)17(26)15-5-4-6-16(13-15)29-19(20,21)22/h4-6,13H,3,7-12,14H2,1-2H3/t18-/m0/s1. The summed E-state index contributed by atoms with van der Waals surface area (Å²) in [6.45, 7) is 4.96. The maximum atomic E-state index is 12.8. The number of hydrogen-bond acceptors (Lipinski definition) is 5. The minimum Gasteiger partial charge on any atom is -0.406 e. The summed E-state index contributed by atoms with van der Waals surface area (Å²) in [4.78, 5) is 16.6. The number of benzene rings is 1. The van der Waals surface area contributed by atoms with Crippen LogP contribution in [0.3, 0.4) is 0 Å². The van der Waals surface area contributed by atoms with Gasteiger partial charge in [0.05, 0.1) is 6.26 Å². The van der Waals surface area contributed by atoms with Crippen molar-refractivity contribution in [2.45, 2.75) is 31.7 Å². The number of sulfonamides is 1. The summed E-state index contributed by atoms with van der Waals surface area (Å²) in [7, 11) is -3.25. The van der Waals surface area contributed by atoms with Crippen molar-refractivity contribution in [2.24, 2.45) is 0 Å². The van der Waals surface area contributed by atoms with Gasteiger partial charge in [0.2, 0.25) is 10.0 Å². The summed E-state index contributed by atoms with van der Waals surface area (Å²) in [6, 6.07) is 5.07. The van der Waals surface area contributed by atoms with Gasteiger partial charge in [-0.3, -0.25) is 9.69 Å². The zero-order chi connectivity index (χ0) is 22.2. The van der Waals surface area contributed by atoms with Crippen molar-refractivity contribution in [3.8, 4) is 5.75 Å². The molecule has 168 valence electrons. The van der Waals surface area contributed by atoms with Crippen LogP contribution in [-0.4, -0.2) is 85.9 Å². The Labute approximate surface area is 174 Å². The van der Waals surface area contributed by atoms with Crippen molar-refractivity contribution >= 4 is 15.9 Å². The van der Waals surface area contributed by atoms with Crippen LogP contribution in [-0.2, 0) is 10.0 Å². The summed E-state index contributed by atoms with van der Waals surface area (Å²) in [5, 5.41) is 0. The first-order valence-electron chi connectivity index (χ1n) is 9.79. The molecule has 30 heavy (non-hydrogen) atoms. The van der Waals surface area contributed by atoms with Gasteiger partial charge in [-0.15, -0.1) is 13.2 Å². The molecule has 0 aliphatic carbocycles. The van der Waals surface area contributed by atoms with Crippen molar-refractivity contribution in [1.82, 2.24) is 14.1 Å². The van der Waals surface area contributed by atoms with Gasteiger partial charge >= 0.3 is 6.36 Å². The predicted octanol–water partition coefficient (Wildman–Crippen LogP) is 2.16. The molecule has 0 N–H and O–H groups in total. The van der Waals surface area contributed by atoms with Crippen molar-refractivity contribution in [3.05, 3.63) is 29.8 Å². The smallest absolute Gasteiger partial charge is 0.406 e. The van der Waals surface area contributed by atoms with Gasteiger partial charge in [0, 0.05) is 50.4 Å². The molecule has 2 saturated heterocycles. The fourth-order valence-electron chi connectivity index (χ4n) is 4.27. The van der Waals surface area contributed by atoms with Gasteiger partial charge < -0.3 is 9.64 Å². The molecule has 0 unspecified atom stereocenters. The van der Waals surface area contributed by atoms with Crippen LogP contribution in [0.4, 0.5) is 13.2 Å². The number of carbonyl (C=O) groups is 1. The van der Waals surface area contributed by atoms with Crippen molar-refractivity contribution in [2.75, 3.05) is 45.5 Å². The Kier molecular flexibility index (Phi) is 6.35. The Morgan fingerprint density at radius 2 is 1.83 bits per heavy atom. The highest BCUT2D eigenvalue weighted by molar-refractivity contribution is 7.88. The molecule has 2 fully saturated rings. The highest BCUT2D eigenvalue weighted by Gasteiger charge is 2.45. The van der Waals surface area contributed by atoms with Gasteiger partial charge in [0.1, 0.15) is 5.75 Å². The molecule has 0 bridgehead atoms. The molecule has 7 nitrogen and oxygen atoms in total. The largest absolute Gasteiger partial charge is 0.573 e. The second kappa shape index (κ2) is 8.35. The van der Waals surface area contributed by atoms with E-state index in [0.29, 0.717) is 39.3 Å². The van der Waals surface area contributed by atoms with Crippen molar-refractivity contribution < 1.29 is 31.1 Å². The van der Waals surface area contributed by atoms with E-state index in [4.69, 9.17) is 0 Å². The molecule has 0 radical (unpaired) electrons. The number of halogens is 3. The van der Waals surface area contributed by atoms with Crippen LogP contribution >= 0.6 is 0 Å². The molecular weight excluding hydrogens is 423 g/mol. The molecule has 3 rings (SSSR count). The molecule has 1 aromatic carbocycles. The SMILES string of the molecule is CC[C@]1(N2CCN(C(=O)c3cccc(OC(F)(F)F)c3)CC2)CCN(S(C)(=O)=O)C1. The van der Waals surface area contributed by atoms with Crippen LogP contribution in [0.1, 0.15) is 30.1 Å². The fraction of sp³-hybridized carbons (Fsp3) is 0.632. The topological polar surface area (TPSA) is 70.2 Å². The molecule has 0 aromatic heterocycles. The molecule has 1 atom stereocenters. The predicted molar refractivity (Wildman–Crippen MR) is 105 cm³/mol. The number of hydrogen-bond donors (Lipinski definition) is 0. The summed E-state index contributed by atoms with van der Waals surface area (Å²) in [5.74, 6) is -0.777. The van der Waals surface area contributed by atoms with Crippen LogP contribution in [0.2, 0.25) is 0 Å². The third-order valence-electron chi connectivity index (χ3n) is 5.98. The van der Waals surface area contributed by atoms with Crippen LogP contribution in [0.25, 0.3) is 0 Å². The third kappa shape index (κ3) is 5.06. The molecular formula is C19H26F3N3O4S. The zero-order valence-electron chi connectivity index (χ0n) is 17.0. The average molecular weight is 449 g/mol. The molecule has 1 aromatic rings. The van der Waals surface area contributed by atoms with E-state index in [1.54, 1.807) is 4.90 Å². The molecule has 2 heterocycles. The van der Waals surface area contributed by atoms with E-state index >= 15 is 0 Å². The summed E-state index contributed by atoms with van der Waals surface area (Å²) >= 11 is 0. The first kappa shape index (κ1) is 22.8. The van der Waals surface area contributed by atoms with E-state index in [0.717, 1.165) is 25.0 Å². The number of amides is 1. The van der Waals surface area contributed by atoms with Gasteiger partial charge in [0.15, 0.2) is 0 Å². The Hall–Kier alpha value is -1.85. The second-order valence-electron chi connectivity index (χ2n) is 7.78. The fourth-order valence-corrected chi connectivity index (χ4v) is 5.16. The Balaban J connectivity index is 1.64. The first-order chi connectivity index (χ1) is 13.9. The van der Waals surface area contributed by atoms with Crippen LogP contribution in [0, 0.1) is 0 Å². The van der Waals surface area contributed by atoms with Crippen LogP contribution < -0.4 is 4.74 Å².